The lowest BCUT2D eigenvalue weighted by Crippen LogP contribution is -1.91. The second-order valence-electron chi connectivity index (χ2n) is 4.99. The maximum atomic E-state index is 10.7. The summed E-state index contributed by atoms with van der Waals surface area (Å²) in [6.45, 7) is 0. The van der Waals surface area contributed by atoms with Gasteiger partial charge < -0.3 is 4.74 Å². The Morgan fingerprint density at radius 3 is 2.80 bits per heavy atom. The molecule has 0 bridgehead atoms. The van der Waals surface area contributed by atoms with Gasteiger partial charge in [-0.2, -0.15) is 5.10 Å². The lowest BCUT2D eigenvalue weighted by Gasteiger charge is -1.99. The van der Waals surface area contributed by atoms with E-state index in [-0.39, 0.29) is 5.69 Å². The van der Waals surface area contributed by atoms with Crippen molar-refractivity contribution < 1.29 is 9.66 Å². The standard InChI is InChI=1S/C17H14N4O3S/c1-24-15-4-2-3-12(9-15)10-18-20-17-19-16(11-25-17)13-5-7-14(8-6-13)21(22)23/h2-11H,1H3,(H,19,20). The van der Waals surface area contributed by atoms with Crippen LogP contribution in [0.15, 0.2) is 59.0 Å². The molecule has 1 N–H and O–H groups in total. The minimum absolute atomic E-state index is 0.0558. The van der Waals surface area contributed by atoms with Crippen molar-refractivity contribution in [3.63, 3.8) is 0 Å². The molecule has 0 amide bonds. The SMILES string of the molecule is COc1cccc(C=NNc2nc(-c3ccc([N+](=O)[O-])cc3)cs2)c1. The highest BCUT2D eigenvalue weighted by Gasteiger charge is 2.07. The molecule has 0 atom stereocenters. The number of aromatic nitrogens is 1. The van der Waals surface area contributed by atoms with E-state index in [1.54, 1.807) is 25.5 Å². The van der Waals surface area contributed by atoms with Crippen LogP contribution in [0, 0.1) is 10.1 Å². The van der Waals surface area contributed by atoms with Crippen LogP contribution in [0.4, 0.5) is 10.8 Å². The number of non-ortho nitro benzene ring substituents is 1. The molecular weight excluding hydrogens is 340 g/mol. The summed E-state index contributed by atoms with van der Waals surface area (Å²) >= 11 is 1.40. The summed E-state index contributed by atoms with van der Waals surface area (Å²) in [5.74, 6) is 0.763. The Morgan fingerprint density at radius 2 is 2.08 bits per heavy atom. The summed E-state index contributed by atoms with van der Waals surface area (Å²) < 4.78 is 5.16. The first-order valence-corrected chi connectivity index (χ1v) is 8.17. The monoisotopic (exact) mass is 354 g/mol. The zero-order valence-electron chi connectivity index (χ0n) is 13.2. The van der Waals surface area contributed by atoms with Crippen LogP contribution < -0.4 is 10.2 Å². The van der Waals surface area contributed by atoms with Crippen LogP contribution in [0.25, 0.3) is 11.3 Å². The first-order chi connectivity index (χ1) is 12.2. The third kappa shape index (κ3) is 4.18. The van der Waals surface area contributed by atoms with Gasteiger partial charge in [0.1, 0.15) is 5.75 Å². The molecule has 0 radical (unpaired) electrons. The van der Waals surface area contributed by atoms with Crippen molar-refractivity contribution in [3.05, 3.63) is 69.6 Å². The van der Waals surface area contributed by atoms with E-state index in [9.17, 15) is 10.1 Å². The number of hydrazone groups is 1. The minimum atomic E-state index is -0.425. The first kappa shape index (κ1) is 16.6. The predicted molar refractivity (Wildman–Crippen MR) is 98.4 cm³/mol. The summed E-state index contributed by atoms with van der Waals surface area (Å²) in [6.07, 6.45) is 1.68. The Morgan fingerprint density at radius 1 is 1.28 bits per heavy atom. The number of hydrogen-bond acceptors (Lipinski definition) is 7. The molecule has 2 aromatic carbocycles. The molecule has 0 unspecified atom stereocenters. The van der Waals surface area contributed by atoms with Gasteiger partial charge in [0.2, 0.25) is 5.13 Å². The molecule has 0 fully saturated rings. The van der Waals surface area contributed by atoms with Gasteiger partial charge >= 0.3 is 0 Å². The summed E-state index contributed by atoms with van der Waals surface area (Å²) in [4.78, 5) is 14.7. The van der Waals surface area contributed by atoms with Crippen molar-refractivity contribution in [2.75, 3.05) is 12.5 Å². The molecule has 0 spiro atoms. The Bertz CT molecular complexity index is 906. The molecule has 126 valence electrons. The Kier molecular flexibility index (Phi) is 5.00. The third-order valence-electron chi connectivity index (χ3n) is 3.35. The van der Waals surface area contributed by atoms with E-state index in [2.05, 4.69) is 15.5 Å². The number of ether oxygens (including phenoxy) is 1. The van der Waals surface area contributed by atoms with Gasteiger partial charge in [-0.15, -0.1) is 11.3 Å². The topological polar surface area (TPSA) is 89.7 Å². The molecule has 1 heterocycles. The Hall–Kier alpha value is -3.26. The van der Waals surface area contributed by atoms with Gasteiger partial charge in [0.25, 0.3) is 5.69 Å². The summed E-state index contributed by atoms with van der Waals surface area (Å²) in [6, 6.07) is 13.8. The molecule has 0 aliphatic carbocycles. The quantitative estimate of drug-likeness (QED) is 0.407. The van der Waals surface area contributed by atoms with Gasteiger partial charge in [-0.3, -0.25) is 15.5 Å². The molecule has 0 aliphatic rings. The molecule has 0 saturated heterocycles. The number of rotatable bonds is 6. The van der Waals surface area contributed by atoms with E-state index in [0.717, 1.165) is 22.6 Å². The zero-order valence-corrected chi connectivity index (χ0v) is 14.1. The molecule has 8 heteroatoms. The van der Waals surface area contributed by atoms with Crippen LogP contribution in [-0.4, -0.2) is 23.2 Å². The lowest BCUT2D eigenvalue weighted by atomic mass is 10.1. The number of nitrogens with zero attached hydrogens (tertiary/aromatic N) is 3. The van der Waals surface area contributed by atoms with Crippen molar-refractivity contribution in [1.82, 2.24) is 4.98 Å². The summed E-state index contributed by atoms with van der Waals surface area (Å²) in [7, 11) is 1.61. The molecular formula is C17H14N4O3S. The zero-order chi connectivity index (χ0) is 17.6. The van der Waals surface area contributed by atoms with E-state index in [1.165, 1.54) is 23.5 Å². The van der Waals surface area contributed by atoms with Gasteiger partial charge in [0, 0.05) is 23.1 Å². The van der Waals surface area contributed by atoms with Crippen LogP contribution in [-0.2, 0) is 0 Å². The molecule has 7 nitrogen and oxygen atoms in total. The number of hydrogen-bond donors (Lipinski definition) is 1. The van der Waals surface area contributed by atoms with Crippen molar-refractivity contribution in [2.24, 2.45) is 5.10 Å². The average molecular weight is 354 g/mol. The van der Waals surface area contributed by atoms with E-state index in [1.807, 2.05) is 29.6 Å². The Labute approximate surface area is 147 Å². The molecule has 0 aliphatic heterocycles. The highest BCUT2D eigenvalue weighted by atomic mass is 32.1. The highest BCUT2D eigenvalue weighted by molar-refractivity contribution is 7.14. The number of methoxy groups -OCH3 is 1. The van der Waals surface area contributed by atoms with E-state index >= 15 is 0 Å². The molecule has 1 aromatic heterocycles. The smallest absolute Gasteiger partial charge is 0.269 e. The highest BCUT2D eigenvalue weighted by Crippen LogP contribution is 2.26. The molecule has 3 rings (SSSR count). The number of nitrogens with one attached hydrogen (secondary N) is 1. The maximum Gasteiger partial charge on any atom is 0.269 e. The van der Waals surface area contributed by atoms with Gasteiger partial charge in [-0.05, 0) is 29.8 Å². The van der Waals surface area contributed by atoms with Gasteiger partial charge in [0.15, 0.2) is 0 Å². The van der Waals surface area contributed by atoms with E-state index in [0.29, 0.717) is 5.13 Å². The summed E-state index contributed by atoms with van der Waals surface area (Å²) in [5, 5.41) is 17.3. The fourth-order valence-electron chi connectivity index (χ4n) is 2.10. The minimum Gasteiger partial charge on any atom is -0.497 e. The number of anilines is 1. The predicted octanol–water partition coefficient (Wildman–Crippen LogP) is 4.17. The second kappa shape index (κ2) is 7.54. The van der Waals surface area contributed by atoms with Crippen molar-refractivity contribution in [2.45, 2.75) is 0 Å². The number of thiazole rings is 1. The van der Waals surface area contributed by atoms with Crippen molar-refractivity contribution >= 4 is 28.4 Å². The Balaban J connectivity index is 1.67. The number of benzene rings is 2. The largest absolute Gasteiger partial charge is 0.497 e. The van der Waals surface area contributed by atoms with Gasteiger partial charge in [0.05, 0.1) is 23.9 Å². The third-order valence-corrected chi connectivity index (χ3v) is 4.09. The van der Waals surface area contributed by atoms with Crippen LogP contribution in [0.5, 0.6) is 5.75 Å². The van der Waals surface area contributed by atoms with E-state index in [4.69, 9.17) is 4.74 Å². The van der Waals surface area contributed by atoms with Crippen LogP contribution in [0.2, 0.25) is 0 Å². The molecule has 25 heavy (non-hydrogen) atoms. The molecule has 0 saturated carbocycles. The van der Waals surface area contributed by atoms with Crippen molar-refractivity contribution in [1.29, 1.82) is 0 Å². The van der Waals surface area contributed by atoms with Crippen LogP contribution in [0.1, 0.15) is 5.56 Å². The number of nitro benzene ring substituents is 1. The van der Waals surface area contributed by atoms with Crippen molar-refractivity contribution in [3.8, 4) is 17.0 Å². The van der Waals surface area contributed by atoms with Crippen LogP contribution >= 0.6 is 11.3 Å². The second-order valence-corrected chi connectivity index (χ2v) is 5.85. The summed E-state index contributed by atoms with van der Waals surface area (Å²) in [5.41, 5.74) is 5.38. The average Bonchev–Trinajstić information content (AvgIpc) is 3.11. The lowest BCUT2D eigenvalue weighted by molar-refractivity contribution is -0.384. The molecule has 3 aromatic rings. The first-order valence-electron chi connectivity index (χ1n) is 7.29. The normalized spacial score (nSPS) is 10.8. The van der Waals surface area contributed by atoms with Crippen LogP contribution in [0.3, 0.4) is 0 Å². The van der Waals surface area contributed by atoms with Gasteiger partial charge in [-0.1, -0.05) is 12.1 Å². The van der Waals surface area contributed by atoms with Gasteiger partial charge in [-0.25, -0.2) is 4.98 Å². The maximum absolute atomic E-state index is 10.7. The fraction of sp³-hybridized carbons (Fsp3) is 0.0588. The van der Waals surface area contributed by atoms with E-state index < -0.39 is 4.92 Å². The number of nitro groups is 1. The fourth-order valence-corrected chi connectivity index (χ4v) is 2.76.